The fourth-order valence-corrected chi connectivity index (χ4v) is 3.18. The third-order valence-corrected chi connectivity index (χ3v) is 4.96. The fraction of sp³-hybridized carbons (Fsp3) is 0.318. The van der Waals surface area contributed by atoms with Crippen LogP contribution in [0.5, 0.6) is 0 Å². The molecule has 1 aromatic carbocycles. The van der Waals surface area contributed by atoms with Crippen molar-refractivity contribution in [2.24, 2.45) is 5.73 Å². The van der Waals surface area contributed by atoms with Crippen molar-refractivity contribution in [2.75, 3.05) is 29.1 Å². The number of ether oxygens (including phenoxy) is 1. The summed E-state index contributed by atoms with van der Waals surface area (Å²) in [6, 6.07) is 13.4. The van der Waals surface area contributed by atoms with Crippen molar-refractivity contribution in [3.8, 4) is 6.07 Å². The molecule has 1 fully saturated rings. The van der Waals surface area contributed by atoms with Crippen molar-refractivity contribution in [1.29, 1.82) is 5.26 Å². The van der Waals surface area contributed by atoms with E-state index in [1.54, 1.807) is 6.07 Å². The van der Waals surface area contributed by atoms with Crippen molar-refractivity contribution < 1.29 is 9.53 Å². The van der Waals surface area contributed by atoms with Crippen LogP contribution in [-0.2, 0) is 11.2 Å². The van der Waals surface area contributed by atoms with Gasteiger partial charge in [0, 0.05) is 36.0 Å². The maximum atomic E-state index is 10.7. The molecule has 170 valence electrons. The maximum Gasteiger partial charge on any atom is 0.404 e. The Morgan fingerprint density at radius 3 is 2.67 bits per heavy atom. The van der Waals surface area contributed by atoms with Crippen molar-refractivity contribution in [3.63, 3.8) is 0 Å². The Bertz CT molecular complexity index is 1130. The maximum absolute atomic E-state index is 10.7. The highest BCUT2D eigenvalue weighted by Gasteiger charge is 2.25. The summed E-state index contributed by atoms with van der Waals surface area (Å²) in [6.45, 7) is 0.746. The van der Waals surface area contributed by atoms with Crippen LogP contribution >= 0.6 is 0 Å². The number of nitriles is 1. The number of hydrogen-bond donors (Lipinski definition) is 5. The Balaban J connectivity index is 1.47. The van der Waals surface area contributed by atoms with Crippen molar-refractivity contribution in [3.05, 3.63) is 47.7 Å². The van der Waals surface area contributed by atoms with Gasteiger partial charge in [-0.1, -0.05) is 12.1 Å². The lowest BCUT2D eigenvalue weighted by molar-refractivity contribution is 0.156. The van der Waals surface area contributed by atoms with Crippen molar-refractivity contribution >= 4 is 35.2 Å². The molecule has 2 aromatic heterocycles. The highest BCUT2D eigenvalue weighted by molar-refractivity contribution is 5.64. The molecule has 3 aromatic rings. The predicted octanol–water partition coefficient (Wildman–Crippen LogP) is 3.53. The van der Waals surface area contributed by atoms with E-state index in [1.165, 1.54) is 12.8 Å². The standard InChI is InChI=1S/C22H25N9O2/c23-9-8-14-2-6-16(7-3-14)26-22-28-18(25-10-1-11-33-21(24)32)13-19(29-22)27-20-12-17(30-31-20)15-4-5-15/h2-3,6-7,12-13,15H,1,4-5,8,10-11H2,(H2,24,32)(H4,25,26,27,28,29,30,31). The summed E-state index contributed by atoms with van der Waals surface area (Å²) in [7, 11) is 0. The van der Waals surface area contributed by atoms with Gasteiger partial charge in [-0.3, -0.25) is 5.10 Å². The highest BCUT2D eigenvalue weighted by atomic mass is 16.5. The molecule has 1 amide bonds. The Labute approximate surface area is 190 Å². The smallest absolute Gasteiger partial charge is 0.404 e. The first-order chi connectivity index (χ1) is 16.1. The van der Waals surface area contributed by atoms with Gasteiger partial charge < -0.3 is 26.4 Å². The van der Waals surface area contributed by atoms with E-state index in [2.05, 4.69) is 42.2 Å². The number of amides is 1. The number of aromatic nitrogens is 4. The quantitative estimate of drug-likeness (QED) is 0.276. The molecule has 11 heteroatoms. The minimum atomic E-state index is -0.791. The number of primary amides is 1. The Morgan fingerprint density at radius 1 is 1.15 bits per heavy atom. The molecule has 4 rings (SSSR count). The number of H-pyrrole nitrogens is 1. The van der Waals surface area contributed by atoms with Crippen LogP contribution in [-0.4, -0.2) is 39.4 Å². The summed E-state index contributed by atoms with van der Waals surface area (Å²) in [5.41, 5.74) is 7.83. The summed E-state index contributed by atoms with van der Waals surface area (Å²) >= 11 is 0. The minimum absolute atomic E-state index is 0.218. The average Bonchev–Trinajstić information content (AvgIpc) is 3.54. The summed E-state index contributed by atoms with van der Waals surface area (Å²) in [5.74, 6) is 2.80. The van der Waals surface area contributed by atoms with E-state index in [9.17, 15) is 4.79 Å². The molecule has 1 saturated carbocycles. The van der Waals surface area contributed by atoms with Gasteiger partial charge in [-0.05, 0) is 37.0 Å². The summed E-state index contributed by atoms with van der Waals surface area (Å²) in [6.07, 6.45) is 2.51. The minimum Gasteiger partial charge on any atom is -0.450 e. The lowest BCUT2D eigenvalue weighted by Gasteiger charge is -2.12. The van der Waals surface area contributed by atoms with Gasteiger partial charge in [0.2, 0.25) is 5.95 Å². The van der Waals surface area contributed by atoms with Gasteiger partial charge in [-0.2, -0.15) is 20.3 Å². The molecular formula is C22H25N9O2. The van der Waals surface area contributed by atoms with Crippen LogP contribution in [0.4, 0.5) is 33.9 Å². The van der Waals surface area contributed by atoms with Gasteiger partial charge in [0.25, 0.3) is 0 Å². The van der Waals surface area contributed by atoms with E-state index in [0.29, 0.717) is 48.7 Å². The first-order valence-corrected chi connectivity index (χ1v) is 10.7. The number of hydrogen-bond acceptors (Lipinski definition) is 9. The van der Waals surface area contributed by atoms with Crippen LogP contribution < -0.4 is 21.7 Å². The highest BCUT2D eigenvalue weighted by Crippen LogP contribution is 2.39. The number of nitrogens with one attached hydrogen (secondary N) is 4. The number of nitrogens with two attached hydrogens (primary N) is 1. The predicted molar refractivity (Wildman–Crippen MR) is 124 cm³/mol. The van der Waals surface area contributed by atoms with E-state index in [-0.39, 0.29) is 6.61 Å². The molecule has 0 unspecified atom stereocenters. The number of carbonyl (C=O) groups excluding carboxylic acids is 1. The summed E-state index contributed by atoms with van der Waals surface area (Å²) < 4.78 is 4.75. The normalized spacial score (nSPS) is 12.6. The number of rotatable bonds is 11. The number of nitrogens with zero attached hydrogens (tertiary/aromatic N) is 4. The lowest BCUT2D eigenvalue weighted by Crippen LogP contribution is -2.16. The van der Waals surface area contributed by atoms with Gasteiger partial charge in [0.1, 0.15) is 11.6 Å². The molecule has 0 saturated heterocycles. The summed E-state index contributed by atoms with van der Waals surface area (Å²) in [4.78, 5) is 19.8. The van der Waals surface area contributed by atoms with Crippen LogP contribution in [0.15, 0.2) is 36.4 Å². The third kappa shape index (κ3) is 6.57. The van der Waals surface area contributed by atoms with E-state index in [1.807, 2.05) is 30.3 Å². The van der Waals surface area contributed by atoms with E-state index in [0.717, 1.165) is 16.9 Å². The molecule has 2 heterocycles. The molecule has 0 bridgehead atoms. The number of aromatic amines is 1. The molecular weight excluding hydrogens is 422 g/mol. The van der Waals surface area contributed by atoms with E-state index >= 15 is 0 Å². The topological polar surface area (TPSA) is 167 Å². The largest absolute Gasteiger partial charge is 0.450 e. The second-order valence-corrected chi connectivity index (χ2v) is 7.67. The Kier molecular flexibility index (Phi) is 6.84. The van der Waals surface area contributed by atoms with Gasteiger partial charge >= 0.3 is 6.09 Å². The molecule has 0 atom stereocenters. The van der Waals surface area contributed by atoms with Gasteiger partial charge in [-0.25, -0.2) is 4.79 Å². The number of benzene rings is 1. The van der Waals surface area contributed by atoms with Crippen LogP contribution in [0.2, 0.25) is 0 Å². The monoisotopic (exact) mass is 447 g/mol. The molecule has 0 aliphatic heterocycles. The Hall–Kier alpha value is -4.33. The van der Waals surface area contributed by atoms with Gasteiger partial charge in [-0.15, -0.1) is 0 Å². The van der Waals surface area contributed by atoms with Gasteiger partial charge in [0.15, 0.2) is 5.82 Å². The first-order valence-electron chi connectivity index (χ1n) is 10.7. The second-order valence-electron chi connectivity index (χ2n) is 7.67. The zero-order chi connectivity index (χ0) is 23.0. The first kappa shape index (κ1) is 21.9. The number of carbonyl (C=O) groups is 1. The van der Waals surface area contributed by atoms with Crippen LogP contribution in [0, 0.1) is 11.3 Å². The average molecular weight is 448 g/mol. The molecule has 6 N–H and O–H groups in total. The number of anilines is 5. The third-order valence-electron chi connectivity index (χ3n) is 4.96. The van der Waals surface area contributed by atoms with Crippen molar-refractivity contribution in [2.45, 2.75) is 31.6 Å². The molecule has 33 heavy (non-hydrogen) atoms. The second kappa shape index (κ2) is 10.3. The molecule has 11 nitrogen and oxygen atoms in total. The van der Waals surface area contributed by atoms with Crippen LogP contribution in [0.25, 0.3) is 0 Å². The van der Waals surface area contributed by atoms with E-state index < -0.39 is 6.09 Å². The SMILES string of the molecule is N#CCc1ccc(Nc2nc(NCCCOC(N)=O)cc(Nc3cc(C4CC4)[nH]n3)n2)cc1. The molecule has 0 spiro atoms. The molecule has 1 aliphatic rings. The summed E-state index contributed by atoms with van der Waals surface area (Å²) in [5, 5.41) is 25.8. The van der Waals surface area contributed by atoms with E-state index in [4.69, 9.17) is 15.7 Å². The fourth-order valence-electron chi connectivity index (χ4n) is 3.18. The molecule has 0 radical (unpaired) electrons. The van der Waals surface area contributed by atoms with Crippen LogP contribution in [0.1, 0.15) is 36.4 Å². The van der Waals surface area contributed by atoms with Gasteiger partial charge in [0.05, 0.1) is 19.1 Å². The molecule has 1 aliphatic carbocycles. The van der Waals surface area contributed by atoms with Crippen molar-refractivity contribution in [1.82, 2.24) is 20.2 Å². The Morgan fingerprint density at radius 2 is 1.94 bits per heavy atom. The zero-order valence-corrected chi connectivity index (χ0v) is 18.0. The van der Waals surface area contributed by atoms with Crippen LogP contribution in [0.3, 0.4) is 0 Å². The lowest BCUT2D eigenvalue weighted by atomic mass is 10.1. The zero-order valence-electron chi connectivity index (χ0n) is 18.0.